The molecule has 1 aliphatic heterocycles. The van der Waals surface area contributed by atoms with Gasteiger partial charge >= 0.3 is 0 Å². The molecule has 8 heteroatoms. The van der Waals surface area contributed by atoms with Gasteiger partial charge in [-0.3, -0.25) is 24.4 Å². The highest BCUT2D eigenvalue weighted by Crippen LogP contribution is 2.35. The first-order chi connectivity index (χ1) is 17.7. The molecule has 2 fully saturated rings. The number of benzene rings is 1. The Morgan fingerprint density at radius 1 is 1.19 bits per heavy atom. The van der Waals surface area contributed by atoms with Crippen LogP contribution in [0.15, 0.2) is 48.8 Å². The van der Waals surface area contributed by atoms with E-state index in [4.69, 9.17) is 0 Å². The lowest BCUT2D eigenvalue weighted by molar-refractivity contribution is -0.134. The lowest BCUT2D eigenvalue weighted by Crippen LogP contribution is -2.64. The minimum absolute atomic E-state index is 0.0603. The van der Waals surface area contributed by atoms with E-state index >= 15 is 0 Å². The topological polar surface area (TPSA) is 110 Å². The van der Waals surface area contributed by atoms with Crippen LogP contribution in [0.5, 0.6) is 0 Å². The summed E-state index contributed by atoms with van der Waals surface area (Å²) in [6.07, 6.45) is 10.4. The third-order valence-corrected chi connectivity index (χ3v) is 7.54. The maximum atomic E-state index is 14.2. The Morgan fingerprint density at radius 2 is 1.89 bits per heavy atom. The number of amides is 2. The highest BCUT2D eigenvalue weighted by atomic mass is 16.3. The number of carbonyl (C=O) groups is 2. The number of nitrogens with zero attached hydrogens (tertiary/aromatic N) is 4. The van der Waals surface area contributed by atoms with Gasteiger partial charge < -0.3 is 10.4 Å². The van der Waals surface area contributed by atoms with Crippen LogP contribution in [0.1, 0.15) is 70.0 Å². The molecule has 4 rings (SSSR count). The first-order valence-corrected chi connectivity index (χ1v) is 13.2. The average molecular weight is 504 g/mol. The van der Waals surface area contributed by atoms with Crippen LogP contribution in [0, 0.1) is 17.4 Å². The summed E-state index contributed by atoms with van der Waals surface area (Å²) >= 11 is 0. The molecule has 1 aromatic heterocycles. The summed E-state index contributed by atoms with van der Waals surface area (Å²) in [6, 6.07) is 9.48. The Balaban J connectivity index is 1.78. The van der Waals surface area contributed by atoms with Crippen molar-refractivity contribution in [1.29, 1.82) is 5.26 Å². The van der Waals surface area contributed by atoms with Gasteiger partial charge in [0.25, 0.3) is 5.91 Å². The van der Waals surface area contributed by atoms with Crippen molar-refractivity contribution < 1.29 is 14.7 Å². The number of nitriles is 1. The van der Waals surface area contributed by atoms with Gasteiger partial charge in [-0.2, -0.15) is 5.26 Å². The molecule has 3 atom stereocenters. The largest absolute Gasteiger partial charge is 0.396 e. The van der Waals surface area contributed by atoms with Gasteiger partial charge in [0.15, 0.2) is 6.19 Å². The normalized spacial score (nSPS) is 20.9. The summed E-state index contributed by atoms with van der Waals surface area (Å²) in [4.78, 5) is 35.2. The lowest BCUT2D eigenvalue weighted by atomic mass is 9.86. The van der Waals surface area contributed by atoms with Gasteiger partial charge in [-0.25, -0.2) is 0 Å². The number of rotatable bonds is 7. The minimum Gasteiger partial charge on any atom is -0.396 e. The van der Waals surface area contributed by atoms with E-state index in [0.29, 0.717) is 17.8 Å². The molecule has 1 saturated carbocycles. The zero-order valence-corrected chi connectivity index (χ0v) is 21.9. The van der Waals surface area contributed by atoms with Gasteiger partial charge in [0.1, 0.15) is 12.1 Å². The molecule has 2 aliphatic rings. The molecule has 2 aromatic rings. The van der Waals surface area contributed by atoms with E-state index in [1.54, 1.807) is 24.5 Å². The summed E-state index contributed by atoms with van der Waals surface area (Å²) in [5, 5.41) is 22.7. The molecule has 0 spiro atoms. The van der Waals surface area contributed by atoms with Gasteiger partial charge in [-0.1, -0.05) is 58.2 Å². The summed E-state index contributed by atoms with van der Waals surface area (Å²) in [5.74, 6) is -1.03. The van der Waals surface area contributed by atoms with Crippen molar-refractivity contribution in [2.24, 2.45) is 5.92 Å². The van der Waals surface area contributed by atoms with Gasteiger partial charge in [-0.15, -0.1) is 0 Å². The number of nitrogens with one attached hydrogen (secondary N) is 1. The summed E-state index contributed by atoms with van der Waals surface area (Å²) < 4.78 is 0. The van der Waals surface area contributed by atoms with Crippen molar-refractivity contribution in [2.75, 3.05) is 18.1 Å². The number of aliphatic hydroxyl groups excluding tert-OH is 1. The second-order valence-electron chi connectivity index (χ2n) is 11.2. The fourth-order valence-corrected chi connectivity index (χ4v) is 5.33. The van der Waals surface area contributed by atoms with Gasteiger partial charge in [0.05, 0.1) is 6.61 Å². The molecule has 2 amide bonds. The van der Waals surface area contributed by atoms with Crippen molar-refractivity contribution >= 4 is 17.5 Å². The average Bonchev–Trinajstić information content (AvgIpc) is 2.87. The highest BCUT2D eigenvalue weighted by molar-refractivity contribution is 6.04. The van der Waals surface area contributed by atoms with Crippen molar-refractivity contribution in [3.8, 4) is 6.19 Å². The number of likely N-dealkylation sites (tertiary alicyclic amines) is 1. The SMILES string of the molecule is CC(C)(C)c1ccc(N(C(=O)C2C(CO)CN2C#N)C(C(=O)NC2CCCCC2)c2cccnc2)cc1. The van der Waals surface area contributed by atoms with Crippen LogP contribution in [0.2, 0.25) is 0 Å². The fraction of sp³-hybridized carbons (Fsp3) is 0.517. The van der Waals surface area contributed by atoms with E-state index in [9.17, 15) is 20.0 Å². The molecule has 2 heterocycles. The third-order valence-electron chi connectivity index (χ3n) is 7.54. The Hall–Kier alpha value is -3.44. The van der Waals surface area contributed by atoms with Crippen LogP contribution in [-0.4, -0.2) is 52.0 Å². The molecule has 196 valence electrons. The summed E-state index contributed by atoms with van der Waals surface area (Å²) in [7, 11) is 0. The van der Waals surface area contributed by atoms with Crippen LogP contribution in [-0.2, 0) is 15.0 Å². The number of hydrogen-bond acceptors (Lipinski definition) is 6. The number of aromatic nitrogens is 1. The highest BCUT2D eigenvalue weighted by Gasteiger charge is 2.48. The first-order valence-electron chi connectivity index (χ1n) is 13.2. The molecular formula is C29H37N5O3. The van der Waals surface area contributed by atoms with Crippen molar-refractivity contribution in [2.45, 2.75) is 76.4 Å². The van der Waals surface area contributed by atoms with Gasteiger partial charge in [0.2, 0.25) is 5.91 Å². The monoisotopic (exact) mass is 503 g/mol. The molecule has 8 nitrogen and oxygen atoms in total. The van der Waals surface area contributed by atoms with E-state index < -0.39 is 12.1 Å². The van der Waals surface area contributed by atoms with Gasteiger partial charge in [0, 0.05) is 42.1 Å². The molecule has 0 bridgehead atoms. The van der Waals surface area contributed by atoms with E-state index in [-0.39, 0.29) is 35.8 Å². The maximum absolute atomic E-state index is 14.2. The standard InChI is InChI=1S/C29H37N5O3/c1-29(2,3)22-11-13-24(14-12-22)34(28(37)26-21(18-35)17-33(26)19-30)25(20-8-7-15-31-16-20)27(36)32-23-9-5-4-6-10-23/h7-8,11-16,21,23,25-26,35H,4-6,9-10,17-18H2,1-3H3,(H,32,36). The predicted octanol–water partition coefficient (Wildman–Crippen LogP) is 3.68. The van der Waals surface area contributed by atoms with Crippen LogP contribution in [0.4, 0.5) is 5.69 Å². The second kappa shape index (κ2) is 11.3. The zero-order valence-electron chi connectivity index (χ0n) is 21.9. The maximum Gasteiger partial charge on any atom is 0.251 e. The van der Waals surface area contributed by atoms with E-state index in [1.807, 2.05) is 24.3 Å². The molecule has 2 N–H and O–H groups in total. The van der Waals surface area contributed by atoms with Gasteiger partial charge in [-0.05, 0) is 42.0 Å². The van der Waals surface area contributed by atoms with Crippen LogP contribution >= 0.6 is 0 Å². The fourth-order valence-electron chi connectivity index (χ4n) is 5.33. The first kappa shape index (κ1) is 26.6. The number of anilines is 1. The van der Waals surface area contributed by atoms with E-state index in [0.717, 1.165) is 37.7 Å². The Kier molecular flexibility index (Phi) is 8.13. The zero-order chi connectivity index (χ0) is 26.6. The van der Waals surface area contributed by atoms with Crippen LogP contribution < -0.4 is 10.2 Å². The minimum atomic E-state index is -0.968. The quantitative estimate of drug-likeness (QED) is 0.558. The summed E-state index contributed by atoms with van der Waals surface area (Å²) in [6.45, 7) is 6.45. The molecule has 1 saturated heterocycles. The second-order valence-corrected chi connectivity index (χ2v) is 11.2. The Labute approximate surface area is 219 Å². The molecule has 1 aliphatic carbocycles. The van der Waals surface area contributed by atoms with Crippen molar-refractivity contribution in [1.82, 2.24) is 15.2 Å². The Morgan fingerprint density at radius 3 is 2.46 bits per heavy atom. The summed E-state index contributed by atoms with van der Waals surface area (Å²) in [5.41, 5.74) is 2.17. The van der Waals surface area contributed by atoms with Crippen LogP contribution in [0.25, 0.3) is 0 Å². The Bertz CT molecular complexity index is 1120. The number of aliphatic hydroxyl groups is 1. The number of pyridine rings is 1. The molecule has 1 aromatic carbocycles. The molecule has 37 heavy (non-hydrogen) atoms. The van der Waals surface area contributed by atoms with Crippen molar-refractivity contribution in [3.63, 3.8) is 0 Å². The predicted molar refractivity (Wildman–Crippen MR) is 141 cm³/mol. The number of hydrogen-bond donors (Lipinski definition) is 2. The number of carbonyl (C=O) groups excluding carboxylic acids is 2. The van der Waals surface area contributed by atoms with E-state index in [1.165, 1.54) is 9.80 Å². The lowest BCUT2D eigenvalue weighted by Gasteiger charge is -2.46. The molecule has 3 unspecified atom stereocenters. The third kappa shape index (κ3) is 5.78. The van der Waals surface area contributed by atoms with Crippen molar-refractivity contribution in [3.05, 3.63) is 59.9 Å². The van der Waals surface area contributed by atoms with E-state index in [2.05, 4.69) is 37.3 Å². The van der Waals surface area contributed by atoms with Crippen LogP contribution in [0.3, 0.4) is 0 Å². The molecular weight excluding hydrogens is 466 g/mol. The molecule has 0 radical (unpaired) electrons. The smallest absolute Gasteiger partial charge is 0.251 e.